The van der Waals surface area contributed by atoms with Crippen LogP contribution in [0.25, 0.3) is 0 Å². The molecule has 0 saturated heterocycles. The van der Waals surface area contributed by atoms with Crippen LogP contribution in [0.5, 0.6) is 5.88 Å². The first-order valence-corrected chi connectivity index (χ1v) is 5.55. The lowest BCUT2D eigenvalue weighted by Gasteiger charge is -2.16. The summed E-state index contributed by atoms with van der Waals surface area (Å²) in [4.78, 5) is 2.24. The van der Waals surface area contributed by atoms with Gasteiger partial charge in [0.1, 0.15) is 0 Å². The highest BCUT2D eigenvalue weighted by Crippen LogP contribution is 2.22. The predicted octanol–water partition coefficient (Wildman–Crippen LogP) is 0.518. The molecule has 1 aromatic rings. The van der Waals surface area contributed by atoms with Gasteiger partial charge in [0.2, 0.25) is 5.88 Å². The number of nitrogens with two attached hydrogens (primary N) is 1. The molecule has 16 heavy (non-hydrogen) atoms. The Labute approximate surface area is 97.2 Å². The molecule has 5 nitrogen and oxygen atoms in total. The Morgan fingerprint density at radius 2 is 2.19 bits per heavy atom. The molecule has 1 aromatic heterocycles. The SMILES string of the molecule is COc1c(CN(C)CCCN)c(C)nn1C. The smallest absolute Gasteiger partial charge is 0.216 e. The standard InChI is InChI=1S/C11H22N4O/c1-9-10(8-14(2)7-5-6-12)11(16-4)15(3)13-9/h5-8,12H2,1-4H3. The van der Waals surface area contributed by atoms with E-state index in [2.05, 4.69) is 17.0 Å². The van der Waals surface area contributed by atoms with Gasteiger partial charge in [0, 0.05) is 13.6 Å². The molecule has 1 heterocycles. The summed E-state index contributed by atoms with van der Waals surface area (Å²) in [7, 11) is 5.66. The second kappa shape index (κ2) is 5.86. The number of hydrogen-bond acceptors (Lipinski definition) is 4. The van der Waals surface area contributed by atoms with Crippen molar-refractivity contribution in [2.75, 3.05) is 27.2 Å². The van der Waals surface area contributed by atoms with Crippen LogP contribution in [0, 0.1) is 6.92 Å². The van der Waals surface area contributed by atoms with Gasteiger partial charge in [-0.05, 0) is 33.5 Å². The summed E-state index contributed by atoms with van der Waals surface area (Å²) in [6.07, 6.45) is 1.01. The van der Waals surface area contributed by atoms with E-state index >= 15 is 0 Å². The number of methoxy groups -OCH3 is 1. The van der Waals surface area contributed by atoms with E-state index in [9.17, 15) is 0 Å². The van der Waals surface area contributed by atoms with Crippen LogP contribution in [-0.2, 0) is 13.6 Å². The van der Waals surface area contributed by atoms with Crippen LogP contribution in [0.2, 0.25) is 0 Å². The van der Waals surface area contributed by atoms with Crippen molar-refractivity contribution in [3.05, 3.63) is 11.3 Å². The van der Waals surface area contributed by atoms with Gasteiger partial charge in [-0.15, -0.1) is 0 Å². The van der Waals surface area contributed by atoms with Crippen molar-refractivity contribution in [2.24, 2.45) is 12.8 Å². The molecule has 0 unspecified atom stereocenters. The van der Waals surface area contributed by atoms with E-state index in [0.717, 1.165) is 43.2 Å². The molecule has 92 valence electrons. The van der Waals surface area contributed by atoms with Crippen molar-refractivity contribution in [3.8, 4) is 5.88 Å². The quantitative estimate of drug-likeness (QED) is 0.768. The Balaban J connectivity index is 2.72. The van der Waals surface area contributed by atoms with Gasteiger partial charge < -0.3 is 15.4 Å². The molecule has 0 aromatic carbocycles. The van der Waals surface area contributed by atoms with Gasteiger partial charge in [-0.25, -0.2) is 4.68 Å². The fourth-order valence-electron chi connectivity index (χ4n) is 1.83. The Morgan fingerprint density at radius 3 is 2.75 bits per heavy atom. The molecule has 0 aliphatic carbocycles. The number of aryl methyl sites for hydroxylation is 2. The first-order valence-electron chi connectivity index (χ1n) is 5.55. The normalized spacial score (nSPS) is 11.1. The molecule has 0 bridgehead atoms. The van der Waals surface area contributed by atoms with Crippen molar-refractivity contribution < 1.29 is 4.74 Å². The van der Waals surface area contributed by atoms with E-state index in [4.69, 9.17) is 10.5 Å². The number of rotatable bonds is 6. The van der Waals surface area contributed by atoms with Gasteiger partial charge in [0.25, 0.3) is 0 Å². The third-order valence-corrected chi connectivity index (χ3v) is 2.65. The first-order chi connectivity index (χ1) is 7.60. The van der Waals surface area contributed by atoms with Crippen LogP contribution in [0.3, 0.4) is 0 Å². The summed E-state index contributed by atoms with van der Waals surface area (Å²) < 4.78 is 7.13. The zero-order valence-electron chi connectivity index (χ0n) is 10.7. The molecular formula is C11H22N4O. The minimum Gasteiger partial charge on any atom is -0.481 e. The van der Waals surface area contributed by atoms with E-state index in [1.807, 2.05) is 14.0 Å². The predicted molar refractivity (Wildman–Crippen MR) is 64.5 cm³/mol. The van der Waals surface area contributed by atoms with E-state index in [0.29, 0.717) is 0 Å². The molecule has 0 aliphatic rings. The third kappa shape index (κ3) is 2.96. The maximum atomic E-state index is 5.49. The molecule has 1 rings (SSSR count). The van der Waals surface area contributed by atoms with Crippen LogP contribution >= 0.6 is 0 Å². The zero-order valence-corrected chi connectivity index (χ0v) is 10.7. The van der Waals surface area contributed by atoms with Crippen LogP contribution in [0.1, 0.15) is 17.7 Å². The molecular weight excluding hydrogens is 204 g/mol. The molecule has 0 amide bonds. The summed E-state index contributed by atoms with van der Waals surface area (Å²) >= 11 is 0. The van der Waals surface area contributed by atoms with Crippen LogP contribution in [0.4, 0.5) is 0 Å². The van der Waals surface area contributed by atoms with E-state index in [-0.39, 0.29) is 0 Å². The van der Waals surface area contributed by atoms with Crippen molar-refractivity contribution in [2.45, 2.75) is 19.9 Å². The van der Waals surface area contributed by atoms with Crippen LogP contribution < -0.4 is 10.5 Å². The minimum absolute atomic E-state index is 0.730. The van der Waals surface area contributed by atoms with Crippen molar-refractivity contribution in [3.63, 3.8) is 0 Å². The topological polar surface area (TPSA) is 56.3 Å². The second-order valence-electron chi connectivity index (χ2n) is 4.08. The highest BCUT2D eigenvalue weighted by Gasteiger charge is 2.14. The summed E-state index contributed by atoms with van der Waals surface area (Å²) in [5.41, 5.74) is 7.68. The van der Waals surface area contributed by atoms with Gasteiger partial charge in [-0.2, -0.15) is 5.10 Å². The average Bonchev–Trinajstić information content (AvgIpc) is 2.50. The second-order valence-corrected chi connectivity index (χ2v) is 4.08. The maximum Gasteiger partial charge on any atom is 0.216 e. The molecule has 0 saturated carbocycles. The van der Waals surface area contributed by atoms with E-state index in [1.165, 1.54) is 0 Å². The fraction of sp³-hybridized carbons (Fsp3) is 0.727. The van der Waals surface area contributed by atoms with Gasteiger partial charge in [0.15, 0.2) is 0 Å². The lowest BCUT2D eigenvalue weighted by Crippen LogP contribution is -2.21. The van der Waals surface area contributed by atoms with Gasteiger partial charge in [-0.1, -0.05) is 0 Å². The number of nitrogens with zero attached hydrogens (tertiary/aromatic N) is 3. The van der Waals surface area contributed by atoms with Crippen molar-refractivity contribution in [1.29, 1.82) is 0 Å². The van der Waals surface area contributed by atoms with Gasteiger partial charge in [0.05, 0.1) is 18.4 Å². The summed E-state index contributed by atoms with van der Waals surface area (Å²) in [6, 6.07) is 0. The number of ether oxygens (including phenoxy) is 1. The fourth-order valence-corrected chi connectivity index (χ4v) is 1.83. The number of hydrogen-bond donors (Lipinski definition) is 1. The molecule has 0 aliphatic heterocycles. The Morgan fingerprint density at radius 1 is 1.50 bits per heavy atom. The third-order valence-electron chi connectivity index (χ3n) is 2.65. The Bertz CT molecular complexity index is 335. The van der Waals surface area contributed by atoms with Gasteiger partial charge >= 0.3 is 0 Å². The molecule has 0 radical (unpaired) electrons. The van der Waals surface area contributed by atoms with Crippen molar-refractivity contribution in [1.82, 2.24) is 14.7 Å². The summed E-state index contributed by atoms with van der Waals surface area (Å²) in [6.45, 7) is 4.58. The number of aromatic nitrogens is 2. The van der Waals surface area contributed by atoms with Crippen LogP contribution in [-0.4, -0.2) is 41.9 Å². The molecule has 5 heteroatoms. The lowest BCUT2D eigenvalue weighted by atomic mass is 10.2. The summed E-state index contributed by atoms with van der Waals surface area (Å²) in [5, 5.41) is 4.36. The van der Waals surface area contributed by atoms with E-state index < -0.39 is 0 Å². The molecule has 0 atom stereocenters. The largest absolute Gasteiger partial charge is 0.481 e. The molecule has 0 spiro atoms. The highest BCUT2D eigenvalue weighted by atomic mass is 16.5. The minimum atomic E-state index is 0.730. The summed E-state index contributed by atoms with van der Waals surface area (Å²) in [5.74, 6) is 0.845. The Hall–Kier alpha value is -1.07. The van der Waals surface area contributed by atoms with Gasteiger partial charge in [-0.3, -0.25) is 0 Å². The lowest BCUT2D eigenvalue weighted by molar-refractivity contribution is 0.310. The monoisotopic (exact) mass is 226 g/mol. The highest BCUT2D eigenvalue weighted by molar-refractivity contribution is 5.30. The first kappa shape index (κ1) is 13.0. The zero-order chi connectivity index (χ0) is 12.1. The Kier molecular flexibility index (Phi) is 4.76. The van der Waals surface area contributed by atoms with E-state index in [1.54, 1.807) is 11.8 Å². The molecule has 0 fully saturated rings. The van der Waals surface area contributed by atoms with Crippen molar-refractivity contribution >= 4 is 0 Å². The molecule has 2 N–H and O–H groups in total. The maximum absolute atomic E-state index is 5.49. The van der Waals surface area contributed by atoms with Crippen LogP contribution in [0.15, 0.2) is 0 Å². The average molecular weight is 226 g/mol.